The Labute approximate surface area is 66.1 Å². The van der Waals surface area contributed by atoms with Crippen molar-refractivity contribution in [3.8, 4) is 6.07 Å². The molecule has 0 aromatic rings. The highest BCUT2D eigenvalue weighted by Gasteiger charge is 2.00. The second-order valence-corrected chi connectivity index (χ2v) is 2.12. The van der Waals surface area contributed by atoms with Crippen molar-refractivity contribution in [2.24, 2.45) is 0 Å². The molecule has 0 saturated heterocycles. The highest BCUT2D eigenvalue weighted by Crippen LogP contribution is 2.12. The third-order valence-electron chi connectivity index (χ3n) is 1.34. The van der Waals surface area contributed by atoms with Crippen molar-refractivity contribution in [3.63, 3.8) is 0 Å². The van der Waals surface area contributed by atoms with Gasteiger partial charge in [-0.3, -0.25) is 0 Å². The van der Waals surface area contributed by atoms with Gasteiger partial charge in [-0.05, 0) is 12.2 Å². The summed E-state index contributed by atoms with van der Waals surface area (Å²) < 4.78 is 5.21. The van der Waals surface area contributed by atoms with Crippen molar-refractivity contribution in [3.05, 3.63) is 35.8 Å². The summed E-state index contributed by atoms with van der Waals surface area (Å²) in [4.78, 5) is 0. The molecular weight excluding hydrogens is 138 g/mol. The topological polar surface area (TPSA) is 33.0 Å². The van der Waals surface area contributed by atoms with Crippen molar-refractivity contribution in [2.45, 2.75) is 13.3 Å². The largest absolute Gasteiger partial charge is 0.451 e. The van der Waals surface area contributed by atoms with Crippen molar-refractivity contribution in [1.29, 1.82) is 5.26 Å². The van der Waals surface area contributed by atoms with Gasteiger partial charge >= 0.3 is 0 Å². The monoisotopic (exact) mass is 147 g/mol. The van der Waals surface area contributed by atoms with E-state index in [0.29, 0.717) is 5.76 Å². The van der Waals surface area contributed by atoms with Gasteiger partial charge in [-0.15, -0.1) is 0 Å². The lowest BCUT2D eigenvalue weighted by atomic mass is 10.3. The molecule has 0 fully saturated rings. The van der Waals surface area contributed by atoms with Crippen LogP contribution in [0.3, 0.4) is 0 Å². The lowest BCUT2D eigenvalue weighted by molar-refractivity contribution is 0.312. The molecule has 0 N–H and O–H groups in total. The first-order valence-corrected chi connectivity index (χ1v) is 3.52. The van der Waals surface area contributed by atoms with E-state index in [2.05, 4.69) is 0 Å². The zero-order chi connectivity index (χ0) is 8.10. The molecule has 0 radical (unpaired) electrons. The Bertz CT molecular complexity index is 266. The first kappa shape index (κ1) is 7.62. The molecule has 0 spiro atoms. The summed E-state index contributed by atoms with van der Waals surface area (Å²) in [7, 11) is 0. The van der Waals surface area contributed by atoms with Crippen molar-refractivity contribution in [1.82, 2.24) is 0 Å². The molecule has 0 aliphatic carbocycles. The summed E-state index contributed by atoms with van der Waals surface area (Å²) in [5.74, 6) is 1.18. The molecule has 1 aliphatic rings. The van der Waals surface area contributed by atoms with E-state index in [1.54, 1.807) is 12.2 Å². The van der Waals surface area contributed by atoms with Gasteiger partial charge in [0.15, 0.2) is 0 Å². The third kappa shape index (κ3) is 1.98. The summed E-state index contributed by atoms with van der Waals surface area (Å²) >= 11 is 0. The number of allylic oxidation sites excluding steroid dienone is 6. The Morgan fingerprint density at radius 1 is 1.45 bits per heavy atom. The molecular formula is C9H9NO. The minimum atomic E-state index is 0.354. The summed E-state index contributed by atoms with van der Waals surface area (Å²) in [5, 5.41) is 8.52. The second kappa shape index (κ2) is 3.62. The number of ether oxygens (including phenoxy) is 1. The van der Waals surface area contributed by atoms with Crippen LogP contribution < -0.4 is 0 Å². The van der Waals surface area contributed by atoms with Crippen LogP contribution in [0.5, 0.6) is 0 Å². The van der Waals surface area contributed by atoms with Gasteiger partial charge in [-0.25, -0.2) is 0 Å². The minimum Gasteiger partial charge on any atom is -0.451 e. The van der Waals surface area contributed by atoms with Gasteiger partial charge in [-0.2, -0.15) is 5.26 Å². The van der Waals surface area contributed by atoms with Crippen molar-refractivity contribution >= 4 is 0 Å². The predicted molar refractivity (Wildman–Crippen MR) is 42.3 cm³/mol. The maximum absolute atomic E-state index is 8.52. The fourth-order valence-electron chi connectivity index (χ4n) is 0.765. The molecule has 2 nitrogen and oxygen atoms in total. The minimum absolute atomic E-state index is 0.354. The molecule has 0 aromatic heterocycles. The summed E-state index contributed by atoms with van der Waals surface area (Å²) in [5.41, 5.74) is 0. The van der Waals surface area contributed by atoms with Gasteiger partial charge in [-0.1, -0.05) is 19.1 Å². The van der Waals surface area contributed by atoms with Crippen LogP contribution in [-0.2, 0) is 4.74 Å². The SMILES string of the molecule is CCC1=CC=CC=C(C#N)O1. The van der Waals surface area contributed by atoms with Crippen LogP contribution in [-0.4, -0.2) is 0 Å². The molecule has 0 aromatic carbocycles. The molecule has 1 rings (SSSR count). The Balaban J connectivity index is 2.79. The standard InChI is InChI=1S/C9H9NO/c1-2-8-5-3-4-6-9(7-10)11-8/h3-6H,2H2,1H3. The van der Waals surface area contributed by atoms with Crippen molar-refractivity contribution < 1.29 is 4.74 Å². The fourth-order valence-corrected chi connectivity index (χ4v) is 0.765. The van der Waals surface area contributed by atoms with Crippen molar-refractivity contribution in [2.75, 3.05) is 0 Å². The zero-order valence-corrected chi connectivity index (χ0v) is 6.37. The maximum Gasteiger partial charge on any atom is 0.203 e. The Morgan fingerprint density at radius 2 is 2.18 bits per heavy atom. The second-order valence-electron chi connectivity index (χ2n) is 2.12. The molecule has 1 heterocycles. The maximum atomic E-state index is 8.52. The molecule has 0 amide bonds. The lowest BCUT2D eigenvalue weighted by Gasteiger charge is -2.02. The van der Waals surface area contributed by atoms with Crippen LogP contribution in [0.4, 0.5) is 0 Å². The number of nitrogens with zero attached hydrogens (tertiary/aromatic N) is 1. The molecule has 56 valence electrons. The van der Waals surface area contributed by atoms with E-state index >= 15 is 0 Å². The normalized spacial score (nSPS) is 15.6. The first-order valence-electron chi connectivity index (χ1n) is 3.52. The van der Waals surface area contributed by atoms with Gasteiger partial charge in [0.05, 0.1) is 0 Å². The lowest BCUT2D eigenvalue weighted by Crippen LogP contribution is -1.87. The zero-order valence-electron chi connectivity index (χ0n) is 6.37. The van der Waals surface area contributed by atoms with Gasteiger partial charge in [0.1, 0.15) is 11.8 Å². The van der Waals surface area contributed by atoms with E-state index in [-0.39, 0.29) is 0 Å². The van der Waals surface area contributed by atoms with Gasteiger partial charge in [0, 0.05) is 6.42 Å². The van der Waals surface area contributed by atoms with E-state index < -0.39 is 0 Å². The molecule has 1 aliphatic heterocycles. The van der Waals surface area contributed by atoms with E-state index in [9.17, 15) is 0 Å². The summed E-state index contributed by atoms with van der Waals surface area (Å²) in [6, 6.07) is 1.96. The van der Waals surface area contributed by atoms with Crippen LogP contribution in [0.2, 0.25) is 0 Å². The van der Waals surface area contributed by atoms with Gasteiger partial charge in [0.2, 0.25) is 5.76 Å². The molecule has 0 atom stereocenters. The number of nitriles is 1. The van der Waals surface area contributed by atoms with Gasteiger partial charge in [0.25, 0.3) is 0 Å². The quantitative estimate of drug-likeness (QED) is 0.570. The van der Waals surface area contributed by atoms with E-state index in [1.165, 1.54) is 0 Å². The van der Waals surface area contributed by atoms with E-state index in [4.69, 9.17) is 10.00 Å². The molecule has 0 saturated carbocycles. The molecule has 2 heteroatoms. The number of hydrogen-bond donors (Lipinski definition) is 0. The van der Waals surface area contributed by atoms with Crippen LogP contribution in [0.1, 0.15) is 13.3 Å². The average molecular weight is 147 g/mol. The first-order chi connectivity index (χ1) is 5.36. The third-order valence-corrected chi connectivity index (χ3v) is 1.34. The Hall–Kier alpha value is -1.49. The molecule has 0 unspecified atom stereocenters. The number of rotatable bonds is 1. The average Bonchev–Trinajstić information content (AvgIpc) is 2.28. The summed E-state index contributed by atoms with van der Waals surface area (Å²) in [6.45, 7) is 1.99. The number of hydrogen-bond acceptors (Lipinski definition) is 2. The van der Waals surface area contributed by atoms with Crippen LogP contribution in [0.15, 0.2) is 35.8 Å². The summed E-state index contributed by atoms with van der Waals surface area (Å²) in [6.07, 6.45) is 7.98. The molecule has 0 bridgehead atoms. The molecule has 11 heavy (non-hydrogen) atoms. The highest BCUT2D eigenvalue weighted by atomic mass is 16.5. The van der Waals surface area contributed by atoms with Crippen LogP contribution in [0, 0.1) is 11.3 Å². The fraction of sp³-hybridized carbons (Fsp3) is 0.222. The van der Waals surface area contributed by atoms with Crippen LogP contribution >= 0.6 is 0 Å². The Morgan fingerprint density at radius 3 is 2.82 bits per heavy atom. The van der Waals surface area contributed by atoms with E-state index in [1.807, 2.05) is 25.1 Å². The predicted octanol–water partition coefficient (Wildman–Crippen LogP) is 2.27. The van der Waals surface area contributed by atoms with Crippen LogP contribution in [0.25, 0.3) is 0 Å². The smallest absolute Gasteiger partial charge is 0.203 e. The Kier molecular flexibility index (Phi) is 2.51. The van der Waals surface area contributed by atoms with Gasteiger partial charge < -0.3 is 4.74 Å². The highest BCUT2D eigenvalue weighted by molar-refractivity contribution is 5.27. The van der Waals surface area contributed by atoms with E-state index in [0.717, 1.165) is 12.2 Å².